The molecule has 0 saturated carbocycles. The molecule has 25 heavy (non-hydrogen) atoms. The van der Waals surface area contributed by atoms with E-state index in [4.69, 9.17) is 0 Å². The molecular weight excluding hydrogens is 350 g/mol. The molecule has 0 bridgehead atoms. The van der Waals surface area contributed by atoms with Gasteiger partial charge in [-0.25, -0.2) is 4.98 Å². The second-order valence-corrected chi connectivity index (χ2v) is 8.60. The van der Waals surface area contributed by atoms with Crippen molar-refractivity contribution in [2.75, 3.05) is 18.8 Å². The minimum absolute atomic E-state index is 0.175. The maximum absolute atomic E-state index is 12.1. The number of likely N-dealkylation sites (tertiary alicyclic amines) is 1. The van der Waals surface area contributed by atoms with Gasteiger partial charge in [0.15, 0.2) is 0 Å². The summed E-state index contributed by atoms with van der Waals surface area (Å²) in [5.41, 5.74) is 2.46. The number of thioether (sulfide) groups is 1. The number of aryl methyl sites for hydroxylation is 1. The summed E-state index contributed by atoms with van der Waals surface area (Å²) < 4.78 is 0. The van der Waals surface area contributed by atoms with Crippen molar-refractivity contribution in [2.24, 2.45) is 0 Å². The molecule has 1 atom stereocenters. The number of carbonyl (C=O) groups excluding carboxylic acids is 1. The van der Waals surface area contributed by atoms with E-state index in [1.165, 1.54) is 5.56 Å². The Hall–Kier alpha value is -1.37. The molecule has 0 unspecified atom stereocenters. The Morgan fingerprint density at radius 1 is 1.40 bits per heavy atom. The maximum atomic E-state index is 12.1. The molecule has 134 valence electrons. The summed E-state index contributed by atoms with van der Waals surface area (Å²) >= 11 is 3.46. The van der Waals surface area contributed by atoms with Crippen LogP contribution < -0.4 is 5.32 Å². The van der Waals surface area contributed by atoms with Gasteiger partial charge < -0.3 is 5.32 Å². The molecule has 1 amide bonds. The third-order valence-corrected chi connectivity index (χ3v) is 6.09. The van der Waals surface area contributed by atoms with Crippen molar-refractivity contribution in [3.63, 3.8) is 0 Å². The molecule has 1 saturated heterocycles. The number of rotatable bonds is 8. The lowest BCUT2D eigenvalue weighted by molar-refractivity contribution is -0.121. The number of nitrogens with one attached hydrogen (secondary N) is 1. The van der Waals surface area contributed by atoms with Crippen molar-refractivity contribution < 1.29 is 4.79 Å². The average Bonchev–Trinajstić information content (AvgIpc) is 3.21. The summed E-state index contributed by atoms with van der Waals surface area (Å²) in [6, 6.07) is 10.8. The molecule has 2 aromatic rings. The first kappa shape index (κ1) is 18.4. The van der Waals surface area contributed by atoms with Gasteiger partial charge in [-0.3, -0.25) is 9.69 Å². The van der Waals surface area contributed by atoms with Crippen LogP contribution in [0.15, 0.2) is 35.7 Å². The van der Waals surface area contributed by atoms with Gasteiger partial charge >= 0.3 is 0 Å². The van der Waals surface area contributed by atoms with E-state index in [2.05, 4.69) is 44.8 Å². The lowest BCUT2D eigenvalue weighted by atomic mass is 10.2. The number of hydrogen-bond donors (Lipinski definition) is 1. The minimum Gasteiger partial charge on any atom is -0.352 e. The Bertz CT molecular complexity index is 674. The van der Waals surface area contributed by atoms with Gasteiger partial charge in [-0.05, 0) is 18.9 Å². The highest BCUT2D eigenvalue weighted by Crippen LogP contribution is 2.16. The van der Waals surface area contributed by atoms with E-state index in [1.54, 1.807) is 23.1 Å². The van der Waals surface area contributed by atoms with Gasteiger partial charge in [-0.1, -0.05) is 30.3 Å². The zero-order valence-electron chi connectivity index (χ0n) is 14.6. The molecule has 1 aromatic heterocycles. The number of aromatic nitrogens is 1. The van der Waals surface area contributed by atoms with Crippen LogP contribution in [0.3, 0.4) is 0 Å². The number of carbonyl (C=O) groups is 1. The maximum Gasteiger partial charge on any atom is 0.221 e. The van der Waals surface area contributed by atoms with Crippen LogP contribution in [0.2, 0.25) is 0 Å². The molecular formula is C19H25N3OS2. The number of benzene rings is 1. The fraction of sp³-hybridized carbons (Fsp3) is 0.474. The standard InChI is InChI=1S/C19H25N3OS2/c1-15-20-18(14-25-15)13-24-10-8-19(23)21-17-7-9-22(12-17)11-16-5-3-2-4-6-16/h2-6,14,17H,7-13H2,1H3,(H,21,23)/t17-/m0/s1. The molecule has 1 N–H and O–H groups in total. The van der Waals surface area contributed by atoms with E-state index in [0.29, 0.717) is 12.5 Å². The third kappa shape index (κ3) is 6.13. The van der Waals surface area contributed by atoms with Crippen LogP contribution in [0, 0.1) is 6.92 Å². The molecule has 1 aliphatic heterocycles. The first-order chi connectivity index (χ1) is 12.2. The zero-order chi connectivity index (χ0) is 17.5. The van der Waals surface area contributed by atoms with E-state index in [9.17, 15) is 4.79 Å². The predicted molar refractivity (Wildman–Crippen MR) is 106 cm³/mol. The largest absolute Gasteiger partial charge is 0.352 e. The number of hydrogen-bond acceptors (Lipinski definition) is 5. The molecule has 6 heteroatoms. The molecule has 0 spiro atoms. The predicted octanol–water partition coefficient (Wildman–Crippen LogP) is 3.47. The summed E-state index contributed by atoms with van der Waals surface area (Å²) in [4.78, 5) is 19.0. The van der Waals surface area contributed by atoms with Crippen LogP contribution in [-0.4, -0.2) is 40.7 Å². The first-order valence-corrected chi connectivity index (χ1v) is 10.8. The normalized spacial score (nSPS) is 17.7. The highest BCUT2D eigenvalue weighted by atomic mass is 32.2. The second-order valence-electron chi connectivity index (χ2n) is 6.43. The molecule has 2 heterocycles. The molecule has 0 radical (unpaired) electrons. The molecule has 0 aliphatic carbocycles. The van der Waals surface area contributed by atoms with Crippen LogP contribution >= 0.6 is 23.1 Å². The van der Waals surface area contributed by atoms with Crippen LogP contribution in [0.25, 0.3) is 0 Å². The van der Waals surface area contributed by atoms with E-state index < -0.39 is 0 Å². The van der Waals surface area contributed by atoms with Crippen molar-refractivity contribution in [1.29, 1.82) is 0 Å². The smallest absolute Gasteiger partial charge is 0.221 e. The van der Waals surface area contributed by atoms with Gasteiger partial charge in [0.1, 0.15) is 0 Å². The van der Waals surface area contributed by atoms with Crippen molar-refractivity contribution in [3.8, 4) is 0 Å². The molecule has 3 rings (SSSR count). The van der Waals surface area contributed by atoms with Crippen LogP contribution in [0.5, 0.6) is 0 Å². The Morgan fingerprint density at radius 3 is 3.00 bits per heavy atom. The van der Waals surface area contributed by atoms with Crippen LogP contribution in [0.1, 0.15) is 29.1 Å². The second kappa shape index (κ2) is 9.36. The summed E-state index contributed by atoms with van der Waals surface area (Å²) in [6.07, 6.45) is 1.63. The topological polar surface area (TPSA) is 45.2 Å². The number of nitrogens with zero attached hydrogens (tertiary/aromatic N) is 2. The van der Waals surface area contributed by atoms with Crippen molar-refractivity contribution in [3.05, 3.63) is 52.0 Å². The molecule has 1 aliphatic rings. The van der Waals surface area contributed by atoms with E-state index >= 15 is 0 Å². The quantitative estimate of drug-likeness (QED) is 0.718. The van der Waals surface area contributed by atoms with Gasteiger partial charge in [0.05, 0.1) is 10.7 Å². The van der Waals surface area contributed by atoms with Gasteiger partial charge in [-0.2, -0.15) is 11.8 Å². The van der Waals surface area contributed by atoms with Gasteiger partial charge in [0.25, 0.3) is 0 Å². The first-order valence-electron chi connectivity index (χ1n) is 8.73. The Labute approximate surface area is 158 Å². The Kier molecular flexibility index (Phi) is 6.90. The molecule has 4 nitrogen and oxygen atoms in total. The van der Waals surface area contributed by atoms with Crippen LogP contribution in [0.4, 0.5) is 0 Å². The molecule has 1 aromatic carbocycles. The van der Waals surface area contributed by atoms with E-state index in [0.717, 1.165) is 48.3 Å². The molecule has 1 fully saturated rings. The van der Waals surface area contributed by atoms with Gasteiger partial charge in [0.2, 0.25) is 5.91 Å². The SMILES string of the molecule is Cc1nc(CSCCC(=O)N[C@H]2CCN(Cc3ccccc3)C2)cs1. The Balaban J connectivity index is 1.30. The highest BCUT2D eigenvalue weighted by Gasteiger charge is 2.23. The van der Waals surface area contributed by atoms with Gasteiger partial charge in [0, 0.05) is 49.0 Å². The highest BCUT2D eigenvalue weighted by molar-refractivity contribution is 7.98. The summed E-state index contributed by atoms with van der Waals surface area (Å²) in [7, 11) is 0. The fourth-order valence-corrected chi connectivity index (χ4v) is 4.60. The monoisotopic (exact) mass is 375 g/mol. The zero-order valence-corrected chi connectivity index (χ0v) is 16.2. The van der Waals surface area contributed by atoms with Crippen LogP contribution in [-0.2, 0) is 17.1 Å². The van der Waals surface area contributed by atoms with Gasteiger partial charge in [-0.15, -0.1) is 11.3 Å². The minimum atomic E-state index is 0.175. The Morgan fingerprint density at radius 2 is 2.24 bits per heavy atom. The average molecular weight is 376 g/mol. The number of amides is 1. The van der Waals surface area contributed by atoms with Crippen molar-refractivity contribution >= 4 is 29.0 Å². The van der Waals surface area contributed by atoms with E-state index in [-0.39, 0.29) is 5.91 Å². The van der Waals surface area contributed by atoms with Crippen molar-refractivity contribution in [1.82, 2.24) is 15.2 Å². The third-order valence-electron chi connectivity index (χ3n) is 4.28. The number of thiazole rings is 1. The fourth-order valence-electron chi connectivity index (χ4n) is 3.05. The lowest BCUT2D eigenvalue weighted by Crippen LogP contribution is -2.37. The summed E-state index contributed by atoms with van der Waals surface area (Å²) in [5.74, 6) is 1.92. The van der Waals surface area contributed by atoms with Crippen molar-refractivity contribution in [2.45, 2.75) is 38.1 Å². The summed E-state index contributed by atoms with van der Waals surface area (Å²) in [6.45, 7) is 4.99. The summed E-state index contributed by atoms with van der Waals surface area (Å²) in [5, 5.41) is 6.40. The van der Waals surface area contributed by atoms with E-state index in [1.807, 2.05) is 13.0 Å². The lowest BCUT2D eigenvalue weighted by Gasteiger charge is -2.16.